The van der Waals surface area contributed by atoms with Crippen LogP contribution in [0.4, 0.5) is 0 Å². The molecule has 0 aliphatic heterocycles. The van der Waals surface area contributed by atoms with Crippen LogP contribution in [0, 0.1) is 12.3 Å². The van der Waals surface area contributed by atoms with Crippen molar-refractivity contribution in [3.63, 3.8) is 0 Å². The molecule has 1 aromatic rings. The summed E-state index contributed by atoms with van der Waals surface area (Å²) in [5.74, 6) is 0. The molecule has 1 aliphatic rings. The Bertz CT molecular complexity index is 331. The fourth-order valence-corrected chi connectivity index (χ4v) is 1.49. The van der Waals surface area contributed by atoms with Crippen LogP contribution in [0.5, 0.6) is 0 Å². The van der Waals surface area contributed by atoms with Gasteiger partial charge in [-0.1, -0.05) is 42.0 Å². The summed E-state index contributed by atoms with van der Waals surface area (Å²) < 4.78 is 0. The average Bonchev–Trinajstić information content (AvgIpc) is 2.98. The molecule has 1 fully saturated rings. The summed E-state index contributed by atoms with van der Waals surface area (Å²) in [5, 5.41) is 9.13. The Kier molecular flexibility index (Phi) is 2.42. The quantitative estimate of drug-likeness (QED) is 0.773. The molecule has 0 saturated heterocycles. The second kappa shape index (κ2) is 3.58. The molecule has 1 aliphatic carbocycles. The number of hydrogen-bond acceptors (Lipinski definition) is 1. The highest BCUT2D eigenvalue weighted by Gasteiger charge is 2.38. The number of hydrogen-bond donors (Lipinski definition) is 1. The van der Waals surface area contributed by atoms with Crippen molar-refractivity contribution in [1.82, 2.24) is 0 Å². The van der Waals surface area contributed by atoms with Gasteiger partial charge in [0.2, 0.25) is 0 Å². The van der Waals surface area contributed by atoms with Gasteiger partial charge in [0.1, 0.15) is 0 Å². The third-order valence-corrected chi connectivity index (χ3v) is 2.91. The zero-order valence-electron chi connectivity index (χ0n) is 8.53. The van der Waals surface area contributed by atoms with Crippen LogP contribution in [0.1, 0.15) is 24.0 Å². The Morgan fingerprint density at radius 1 is 1.29 bits per heavy atom. The van der Waals surface area contributed by atoms with Gasteiger partial charge in [0.25, 0.3) is 0 Å². The summed E-state index contributed by atoms with van der Waals surface area (Å²) in [7, 11) is 0. The van der Waals surface area contributed by atoms with Crippen LogP contribution in [-0.2, 0) is 0 Å². The SMILES string of the molecule is Cc1ccc(/C=C/C2(CO)CC2)cc1. The lowest BCUT2D eigenvalue weighted by Gasteiger charge is -2.03. The van der Waals surface area contributed by atoms with Crippen molar-refractivity contribution < 1.29 is 5.11 Å². The van der Waals surface area contributed by atoms with Crippen molar-refractivity contribution in [3.05, 3.63) is 41.5 Å². The number of aliphatic hydroxyl groups excluding tert-OH is 1. The van der Waals surface area contributed by atoms with E-state index < -0.39 is 0 Å². The van der Waals surface area contributed by atoms with E-state index in [-0.39, 0.29) is 12.0 Å². The van der Waals surface area contributed by atoms with Crippen LogP contribution in [0.15, 0.2) is 30.3 Å². The first kappa shape index (κ1) is 9.47. The molecule has 2 rings (SSSR count). The molecule has 0 amide bonds. The van der Waals surface area contributed by atoms with Crippen molar-refractivity contribution in [3.8, 4) is 0 Å². The number of benzene rings is 1. The largest absolute Gasteiger partial charge is 0.395 e. The normalized spacial score (nSPS) is 18.7. The van der Waals surface area contributed by atoms with Gasteiger partial charge in [0.15, 0.2) is 0 Å². The molecule has 1 heteroatoms. The van der Waals surface area contributed by atoms with Crippen molar-refractivity contribution in [2.75, 3.05) is 6.61 Å². The Hall–Kier alpha value is -1.08. The zero-order valence-corrected chi connectivity index (χ0v) is 8.53. The maximum atomic E-state index is 9.13. The molecule has 0 aromatic heterocycles. The summed E-state index contributed by atoms with van der Waals surface area (Å²) in [6.45, 7) is 2.37. The Balaban J connectivity index is 2.07. The molecule has 0 heterocycles. The minimum atomic E-state index is 0.116. The Labute approximate surface area is 85.1 Å². The lowest BCUT2D eigenvalue weighted by Crippen LogP contribution is -2.00. The molecular formula is C13H16O. The van der Waals surface area contributed by atoms with E-state index in [0.717, 1.165) is 12.8 Å². The number of aryl methyl sites for hydroxylation is 1. The van der Waals surface area contributed by atoms with Gasteiger partial charge in [-0.15, -0.1) is 0 Å². The van der Waals surface area contributed by atoms with Gasteiger partial charge < -0.3 is 5.11 Å². The van der Waals surface area contributed by atoms with Crippen molar-refractivity contribution in [1.29, 1.82) is 0 Å². The molecule has 1 saturated carbocycles. The van der Waals surface area contributed by atoms with E-state index in [9.17, 15) is 0 Å². The first-order chi connectivity index (χ1) is 6.74. The van der Waals surface area contributed by atoms with E-state index in [1.165, 1.54) is 11.1 Å². The molecule has 1 nitrogen and oxygen atoms in total. The summed E-state index contributed by atoms with van der Waals surface area (Å²) in [4.78, 5) is 0. The van der Waals surface area contributed by atoms with Gasteiger partial charge in [-0.2, -0.15) is 0 Å². The van der Waals surface area contributed by atoms with Crippen LogP contribution in [0.3, 0.4) is 0 Å². The molecule has 1 aromatic carbocycles. The third-order valence-electron chi connectivity index (χ3n) is 2.91. The first-order valence-corrected chi connectivity index (χ1v) is 5.11. The van der Waals surface area contributed by atoms with E-state index in [2.05, 4.69) is 43.3 Å². The van der Waals surface area contributed by atoms with Crippen LogP contribution in [0.2, 0.25) is 0 Å². The van der Waals surface area contributed by atoms with Gasteiger partial charge in [0, 0.05) is 5.41 Å². The Morgan fingerprint density at radius 3 is 2.43 bits per heavy atom. The zero-order chi connectivity index (χ0) is 10.0. The van der Waals surface area contributed by atoms with Crippen molar-refractivity contribution in [2.24, 2.45) is 5.41 Å². The topological polar surface area (TPSA) is 20.2 Å². The molecule has 0 radical (unpaired) electrons. The maximum absolute atomic E-state index is 9.13. The highest BCUT2D eigenvalue weighted by atomic mass is 16.3. The summed E-state index contributed by atoms with van der Waals surface area (Å²) in [6, 6.07) is 8.44. The van der Waals surface area contributed by atoms with Crippen LogP contribution < -0.4 is 0 Å². The molecule has 74 valence electrons. The summed E-state index contributed by atoms with van der Waals surface area (Å²) in [5.41, 5.74) is 2.62. The third kappa shape index (κ3) is 2.05. The number of aliphatic hydroxyl groups is 1. The van der Waals surface area contributed by atoms with E-state index in [1.54, 1.807) is 0 Å². The predicted octanol–water partition coefficient (Wildman–Crippen LogP) is 2.78. The van der Waals surface area contributed by atoms with Crippen LogP contribution in [-0.4, -0.2) is 11.7 Å². The molecule has 0 bridgehead atoms. The van der Waals surface area contributed by atoms with Gasteiger partial charge in [-0.3, -0.25) is 0 Å². The maximum Gasteiger partial charge on any atom is 0.0522 e. The standard InChI is InChI=1S/C13H16O/c1-11-2-4-12(5-3-11)6-7-13(10-14)8-9-13/h2-7,14H,8-10H2,1H3/b7-6+. The second-order valence-corrected chi connectivity index (χ2v) is 4.26. The summed E-state index contributed by atoms with van der Waals surface area (Å²) >= 11 is 0. The fourth-order valence-electron chi connectivity index (χ4n) is 1.49. The summed E-state index contributed by atoms with van der Waals surface area (Å²) in [6.07, 6.45) is 6.53. The van der Waals surface area contributed by atoms with Crippen molar-refractivity contribution >= 4 is 6.08 Å². The second-order valence-electron chi connectivity index (χ2n) is 4.26. The first-order valence-electron chi connectivity index (χ1n) is 5.11. The predicted molar refractivity (Wildman–Crippen MR) is 59.0 cm³/mol. The van der Waals surface area contributed by atoms with E-state index in [4.69, 9.17) is 5.11 Å². The van der Waals surface area contributed by atoms with Crippen LogP contribution in [0.25, 0.3) is 6.08 Å². The monoisotopic (exact) mass is 188 g/mol. The van der Waals surface area contributed by atoms with Gasteiger partial charge in [-0.25, -0.2) is 0 Å². The minimum absolute atomic E-state index is 0.116. The lowest BCUT2D eigenvalue weighted by molar-refractivity contribution is 0.242. The molecule has 0 spiro atoms. The molecule has 14 heavy (non-hydrogen) atoms. The van der Waals surface area contributed by atoms with Crippen LogP contribution >= 0.6 is 0 Å². The van der Waals surface area contributed by atoms with Crippen molar-refractivity contribution in [2.45, 2.75) is 19.8 Å². The highest BCUT2D eigenvalue weighted by Crippen LogP contribution is 2.46. The van der Waals surface area contributed by atoms with E-state index in [1.807, 2.05) is 0 Å². The highest BCUT2D eigenvalue weighted by molar-refractivity contribution is 5.51. The van der Waals surface area contributed by atoms with Gasteiger partial charge in [-0.05, 0) is 25.3 Å². The Morgan fingerprint density at radius 2 is 1.93 bits per heavy atom. The van der Waals surface area contributed by atoms with E-state index in [0.29, 0.717) is 0 Å². The molecule has 0 atom stereocenters. The number of rotatable bonds is 3. The average molecular weight is 188 g/mol. The molecular weight excluding hydrogens is 172 g/mol. The molecule has 0 unspecified atom stereocenters. The lowest BCUT2D eigenvalue weighted by atomic mass is 10.1. The fraction of sp³-hybridized carbons (Fsp3) is 0.385. The molecule has 1 N–H and O–H groups in total. The van der Waals surface area contributed by atoms with E-state index >= 15 is 0 Å². The van der Waals surface area contributed by atoms with Gasteiger partial charge in [0.05, 0.1) is 6.61 Å². The minimum Gasteiger partial charge on any atom is -0.395 e. The van der Waals surface area contributed by atoms with Gasteiger partial charge >= 0.3 is 0 Å². The smallest absolute Gasteiger partial charge is 0.0522 e.